The fourth-order valence-corrected chi connectivity index (χ4v) is 6.09. The lowest BCUT2D eigenvalue weighted by Crippen LogP contribution is -2.30. The Morgan fingerprint density at radius 3 is 2.30 bits per heavy atom. The van der Waals surface area contributed by atoms with Crippen LogP contribution in [0.1, 0.15) is 28.3 Å². The molecule has 0 bridgehead atoms. The first-order valence-electron chi connectivity index (χ1n) is 12.5. The molecule has 1 aromatic heterocycles. The van der Waals surface area contributed by atoms with Crippen LogP contribution in [0, 0.1) is 13.8 Å². The average molecular weight is 557 g/mol. The number of nitrogens with zero attached hydrogens (tertiary/aromatic N) is 2. The van der Waals surface area contributed by atoms with E-state index >= 15 is 0 Å². The largest absolute Gasteiger partial charge is 0.503 e. The molecule has 0 aliphatic carbocycles. The minimum absolute atomic E-state index is 0.0707. The predicted molar refractivity (Wildman–Crippen MR) is 156 cm³/mol. The van der Waals surface area contributed by atoms with E-state index in [1.807, 2.05) is 56.3 Å². The maximum Gasteiger partial charge on any atom is 0.296 e. The number of amides is 1. The van der Waals surface area contributed by atoms with Gasteiger partial charge in [0, 0.05) is 0 Å². The zero-order valence-electron chi connectivity index (χ0n) is 22.7. The molecule has 9 heteroatoms. The van der Waals surface area contributed by atoms with Crippen LogP contribution in [0.4, 0.5) is 5.13 Å². The second-order valence-corrected chi connectivity index (χ2v) is 10.3. The van der Waals surface area contributed by atoms with E-state index in [2.05, 4.69) is 0 Å². The Balaban J connectivity index is 1.69. The summed E-state index contributed by atoms with van der Waals surface area (Å²) in [5, 5.41) is 11.5. The number of rotatable bonds is 8. The fourth-order valence-electron chi connectivity index (χ4n) is 4.92. The third kappa shape index (κ3) is 4.69. The molecule has 5 rings (SSSR count). The quantitative estimate of drug-likeness (QED) is 0.261. The smallest absolute Gasteiger partial charge is 0.296 e. The summed E-state index contributed by atoms with van der Waals surface area (Å²) >= 11 is 1.32. The van der Waals surface area contributed by atoms with Gasteiger partial charge in [0.15, 0.2) is 28.2 Å². The molecule has 1 unspecified atom stereocenters. The zero-order valence-corrected chi connectivity index (χ0v) is 23.5. The topological polar surface area (TPSA) is 98.2 Å². The number of carbonyl (C=O) groups is 2. The molecule has 0 saturated carbocycles. The Kier molecular flexibility index (Phi) is 7.32. The highest BCUT2D eigenvalue weighted by Crippen LogP contribution is 2.48. The first-order valence-corrected chi connectivity index (χ1v) is 13.3. The summed E-state index contributed by atoms with van der Waals surface area (Å²) in [5.41, 5.74) is 4.00. The number of hydrogen-bond acceptors (Lipinski definition) is 8. The molecule has 40 heavy (non-hydrogen) atoms. The van der Waals surface area contributed by atoms with Gasteiger partial charge in [-0.3, -0.25) is 14.5 Å². The number of fused-ring (bicyclic) bond motifs is 1. The number of aliphatic hydroxyl groups is 1. The minimum atomic E-state index is -1.00. The predicted octanol–water partition coefficient (Wildman–Crippen LogP) is 6.12. The summed E-state index contributed by atoms with van der Waals surface area (Å²) in [6.45, 7) is 3.95. The molecule has 2 heterocycles. The van der Waals surface area contributed by atoms with Crippen molar-refractivity contribution in [3.05, 3.63) is 94.3 Å². The number of anilines is 1. The molecule has 1 N–H and O–H groups in total. The van der Waals surface area contributed by atoms with Crippen molar-refractivity contribution in [3.8, 4) is 17.2 Å². The highest BCUT2D eigenvalue weighted by Gasteiger charge is 2.45. The van der Waals surface area contributed by atoms with Gasteiger partial charge >= 0.3 is 0 Å². The van der Waals surface area contributed by atoms with Gasteiger partial charge in [-0.25, -0.2) is 4.98 Å². The van der Waals surface area contributed by atoms with Crippen molar-refractivity contribution in [3.63, 3.8) is 0 Å². The lowest BCUT2D eigenvalue weighted by Gasteiger charge is -2.25. The number of allylic oxidation sites excluding steroid dienone is 1. The molecule has 4 aromatic rings. The van der Waals surface area contributed by atoms with Crippen LogP contribution in [0.25, 0.3) is 16.3 Å². The number of ether oxygens (including phenoxy) is 3. The van der Waals surface area contributed by atoms with E-state index in [1.54, 1.807) is 18.2 Å². The summed E-state index contributed by atoms with van der Waals surface area (Å²) < 4.78 is 17.5. The van der Waals surface area contributed by atoms with Gasteiger partial charge in [-0.1, -0.05) is 53.8 Å². The molecule has 0 radical (unpaired) electrons. The molecule has 1 atom stereocenters. The molecule has 1 amide bonds. The summed E-state index contributed by atoms with van der Waals surface area (Å²) in [4.78, 5) is 33.4. The maximum atomic E-state index is 13.7. The first kappa shape index (κ1) is 27.0. The van der Waals surface area contributed by atoms with Crippen molar-refractivity contribution in [2.45, 2.75) is 19.9 Å². The third-order valence-electron chi connectivity index (χ3n) is 6.73. The monoisotopic (exact) mass is 556 g/mol. The third-order valence-corrected chi connectivity index (χ3v) is 7.73. The van der Waals surface area contributed by atoms with Gasteiger partial charge in [0.25, 0.3) is 5.91 Å². The number of carbonyl (C=O) groups excluding carboxylic acids is 2. The van der Waals surface area contributed by atoms with Crippen LogP contribution in [0.5, 0.6) is 17.2 Å². The molecular weight excluding hydrogens is 528 g/mol. The number of aryl methyl sites for hydroxylation is 2. The van der Waals surface area contributed by atoms with E-state index in [-0.39, 0.29) is 5.57 Å². The van der Waals surface area contributed by atoms with Crippen LogP contribution >= 0.6 is 11.3 Å². The van der Waals surface area contributed by atoms with Gasteiger partial charge in [-0.15, -0.1) is 0 Å². The van der Waals surface area contributed by atoms with Crippen molar-refractivity contribution in [1.82, 2.24) is 4.98 Å². The van der Waals surface area contributed by atoms with Crippen LogP contribution in [-0.2, 0) is 9.59 Å². The van der Waals surface area contributed by atoms with Crippen molar-refractivity contribution < 1.29 is 28.9 Å². The number of aromatic nitrogens is 1. The van der Waals surface area contributed by atoms with Crippen molar-refractivity contribution >= 4 is 44.5 Å². The van der Waals surface area contributed by atoms with Gasteiger partial charge in [0.2, 0.25) is 5.75 Å². The van der Waals surface area contributed by atoms with Crippen LogP contribution in [0.15, 0.2) is 72.0 Å². The fraction of sp³-hybridized carbons (Fsp3) is 0.194. The van der Waals surface area contributed by atoms with Gasteiger partial charge in [0.1, 0.15) is 0 Å². The molecule has 1 aliphatic rings. The first-order chi connectivity index (χ1) is 19.3. The van der Waals surface area contributed by atoms with E-state index < -0.39 is 23.5 Å². The number of ketones is 1. The summed E-state index contributed by atoms with van der Waals surface area (Å²) in [5.74, 6) is -0.807. The highest BCUT2D eigenvalue weighted by atomic mass is 32.1. The van der Waals surface area contributed by atoms with E-state index in [4.69, 9.17) is 19.2 Å². The molecule has 0 saturated heterocycles. The Hall–Kier alpha value is -4.63. The number of methoxy groups -OCH3 is 3. The molecule has 1 aliphatic heterocycles. The molecule has 3 aromatic carbocycles. The number of benzene rings is 3. The van der Waals surface area contributed by atoms with Crippen molar-refractivity contribution in [2.24, 2.45) is 0 Å². The van der Waals surface area contributed by atoms with Crippen LogP contribution in [0.2, 0.25) is 0 Å². The van der Waals surface area contributed by atoms with Gasteiger partial charge in [-0.05, 0) is 60.4 Å². The lowest BCUT2D eigenvalue weighted by atomic mass is 9.95. The van der Waals surface area contributed by atoms with Crippen molar-refractivity contribution in [2.75, 3.05) is 26.2 Å². The van der Waals surface area contributed by atoms with Gasteiger partial charge in [-0.2, -0.15) is 0 Å². The van der Waals surface area contributed by atoms with Crippen LogP contribution in [-0.4, -0.2) is 43.1 Å². The van der Waals surface area contributed by atoms with E-state index in [0.29, 0.717) is 27.9 Å². The standard InChI is InChI=1S/C31H28N2O6S/c1-17-13-18(2)26-24(14-17)40-31(32-26)33-27(20-15-22(37-3)29(39-5)23(16-20)38-4)25(28(35)30(33)36)21(34)12-11-19-9-7-6-8-10-19/h6-16,27,35H,1-5H3. The van der Waals surface area contributed by atoms with Gasteiger partial charge < -0.3 is 19.3 Å². The summed E-state index contributed by atoms with van der Waals surface area (Å²) in [6, 6.07) is 15.7. The van der Waals surface area contributed by atoms with Gasteiger partial charge in [0.05, 0.1) is 43.2 Å². The number of hydrogen-bond donors (Lipinski definition) is 1. The Morgan fingerprint density at radius 2 is 1.68 bits per heavy atom. The number of aliphatic hydroxyl groups excluding tert-OH is 1. The molecular formula is C31H28N2O6S. The molecule has 0 fully saturated rings. The minimum Gasteiger partial charge on any atom is -0.503 e. The highest BCUT2D eigenvalue weighted by molar-refractivity contribution is 7.22. The Labute approximate surface area is 235 Å². The van der Waals surface area contributed by atoms with E-state index in [0.717, 1.165) is 26.9 Å². The second-order valence-electron chi connectivity index (χ2n) is 9.33. The Bertz CT molecular complexity index is 1660. The molecule has 204 valence electrons. The van der Waals surface area contributed by atoms with Crippen LogP contribution < -0.4 is 19.1 Å². The maximum absolute atomic E-state index is 13.7. The number of thiazole rings is 1. The molecule has 0 spiro atoms. The normalized spacial score (nSPS) is 15.4. The van der Waals surface area contributed by atoms with E-state index in [9.17, 15) is 14.7 Å². The summed E-state index contributed by atoms with van der Waals surface area (Å²) in [7, 11) is 4.46. The van der Waals surface area contributed by atoms with Crippen molar-refractivity contribution in [1.29, 1.82) is 0 Å². The van der Waals surface area contributed by atoms with Crippen LogP contribution in [0.3, 0.4) is 0 Å². The molecule has 8 nitrogen and oxygen atoms in total. The lowest BCUT2D eigenvalue weighted by molar-refractivity contribution is -0.117. The summed E-state index contributed by atoms with van der Waals surface area (Å²) in [6.07, 6.45) is 3.00. The zero-order chi connectivity index (χ0) is 28.6. The Morgan fingerprint density at radius 1 is 1.00 bits per heavy atom. The van der Waals surface area contributed by atoms with E-state index in [1.165, 1.54) is 43.6 Å². The SMILES string of the molecule is COc1cc(C2C(C(=O)C=Cc3ccccc3)=C(O)C(=O)N2c2nc3c(C)cc(C)cc3s2)cc(OC)c1OC. The second kappa shape index (κ2) is 10.9. The average Bonchev–Trinajstić information content (AvgIpc) is 3.49.